The lowest BCUT2D eigenvalue weighted by Gasteiger charge is -2.23. The average molecular weight is 536 g/mol. The van der Waals surface area contributed by atoms with E-state index >= 15 is 0 Å². The Morgan fingerprint density at radius 1 is 1.16 bits per heavy atom. The number of rotatable bonds is 7. The first-order valence-corrected chi connectivity index (χ1v) is 11.8. The SMILES string of the molecule is CC(C)(O)CNc1nc(NCc2cc(I)ccc2O)c2ncn(C3CCCCC3)c2n1. The van der Waals surface area contributed by atoms with Crippen LogP contribution in [0, 0.1) is 3.57 Å². The van der Waals surface area contributed by atoms with E-state index < -0.39 is 5.60 Å². The number of hydrogen-bond acceptors (Lipinski definition) is 7. The second kappa shape index (κ2) is 9.15. The van der Waals surface area contributed by atoms with E-state index in [0.717, 1.165) is 27.6 Å². The van der Waals surface area contributed by atoms with E-state index in [0.29, 0.717) is 36.4 Å². The molecule has 8 nitrogen and oxygen atoms in total. The normalized spacial score (nSPS) is 15.4. The van der Waals surface area contributed by atoms with Gasteiger partial charge in [0.2, 0.25) is 5.95 Å². The Morgan fingerprint density at radius 2 is 1.94 bits per heavy atom. The van der Waals surface area contributed by atoms with Gasteiger partial charge in [-0.2, -0.15) is 9.97 Å². The van der Waals surface area contributed by atoms with Crippen molar-refractivity contribution in [3.63, 3.8) is 0 Å². The first-order chi connectivity index (χ1) is 14.8. The molecule has 0 atom stereocenters. The lowest BCUT2D eigenvalue weighted by Crippen LogP contribution is -2.30. The van der Waals surface area contributed by atoms with Gasteiger partial charge in [0.05, 0.1) is 11.9 Å². The van der Waals surface area contributed by atoms with Gasteiger partial charge in [0.1, 0.15) is 5.75 Å². The monoisotopic (exact) mass is 536 g/mol. The van der Waals surface area contributed by atoms with Crippen molar-refractivity contribution in [2.75, 3.05) is 17.2 Å². The highest BCUT2D eigenvalue weighted by Gasteiger charge is 2.21. The van der Waals surface area contributed by atoms with Crippen molar-refractivity contribution in [2.45, 2.75) is 64.1 Å². The maximum atomic E-state index is 10.2. The van der Waals surface area contributed by atoms with Crippen molar-refractivity contribution in [2.24, 2.45) is 0 Å². The van der Waals surface area contributed by atoms with Crippen molar-refractivity contribution in [1.82, 2.24) is 19.5 Å². The number of benzene rings is 1. The number of halogens is 1. The fourth-order valence-electron chi connectivity index (χ4n) is 3.92. The second-order valence-electron chi connectivity index (χ2n) is 8.80. The van der Waals surface area contributed by atoms with Gasteiger partial charge in [-0.15, -0.1) is 0 Å². The van der Waals surface area contributed by atoms with E-state index in [1.807, 2.05) is 18.5 Å². The Morgan fingerprint density at radius 3 is 2.68 bits per heavy atom. The molecule has 4 rings (SSSR count). The Bertz CT molecular complexity index is 1060. The standard InChI is InChI=1S/C22H29IN6O2/c1-22(2,31)12-25-21-27-19(24-11-14-10-15(23)8-9-17(14)30)18-20(28-21)29(13-26-18)16-6-4-3-5-7-16/h8-10,13,16,30-31H,3-7,11-12H2,1-2H3,(H2,24,25,27,28). The first kappa shape index (κ1) is 22.1. The first-order valence-electron chi connectivity index (χ1n) is 10.7. The molecule has 1 aromatic carbocycles. The van der Waals surface area contributed by atoms with E-state index in [-0.39, 0.29) is 5.75 Å². The highest BCUT2D eigenvalue weighted by Crippen LogP contribution is 2.32. The summed E-state index contributed by atoms with van der Waals surface area (Å²) in [5.41, 5.74) is 1.40. The molecular weight excluding hydrogens is 507 g/mol. The van der Waals surface area contributed by atoms with Gasteiger partial charge in [0.25, 0.3) is 0 Å². The maximum Gasteiger partial charge on any atom is 0.226 e. The van der Waals surface area contributed by atoms with Gasteiger partial charge < -0.3 is 25.4 Å². The van der Waals surface area contributed by atoms with Crippen molar-refractivity contribution in [3.05, 3.63) is 33.7 Å². The molecule has 9 heteroatoms. The van der Waals surface area contributed by atoms with Crippen LogP contribution in [0.5, 0.6) is 5.75 Å². The highest BCUT2D eigenvalue weighted by atomic mass is 127. The quantitative estimate of drug-likeness (QED) is 0.331. The van der Waals surface area contributed by atoms with Gasteiger partial charge in [-0.05, 0) is 67.5 Å². The largest absolute Gasteiger partial charge is 0.508 e. The number of fused-ring (bicyclic) bond motifs is 1. The zero-order chi connectivity index (χ0) is 22.0. The Kier molecular flexibility index (Phi) is 6.52. The third-order valence-electron chi connectivity index (χ3n) is 5.56. The molecule has 4 N–H and O–H groups in total. The molecule has 2 heterocycles. The lowest BCUT2D eigenvalue weighted by atomic mass is 9.95. The molecule has 2 aromatic heterocycles. The van der Waals surface area contributed by atoms with E-state index in [1.54, 1.807) is 19.9 Å². The number of aromatic hydroxyl groups is 1. The molecule has 0 aliphatic heterocycles. The summed E-state index contributed by atoms with van der Waals surface area (Å²) in [5, 5.41) is 26.8. The summed E-state index contributed by atoms with van der Waals surface area (Å²) in [4.78, 5) is 14.0. The van der Waals surface area contributed by atoms with Crippen LogP contribution in [0.3, 0.4) is 0 Å². The van der Waals surface area contributed by atoms with Crippen LogP contribution in [0.4, 0.5) is 11.8 Å². The van der Waals surface area contributed by atoms with Gasteiger partial charge in [-0.3, -0.25) is 0 Å². The Labute approximate surface area is 195 Å². The van der Waals surface area contributed by atoms with Crippen molar-refractivity contribution < 1.29 is 10.2 Å². The summed E-state index contributed by atoms with van der Waals surface area (Å²) < 4.78 is 3.22. The minimum Gasteiger partial charge on any atom is -0.508 e. The Hall–Kier alpha value is -2.14. The molecule has 1 aliphatic carbocycles. The predicted octanol–water partition coefficient (Wildman–Crippen LogP) is 4.44. The molecule has 0 spiro atoms. The molecule has 3 aromatic rings. The highest BCUT2D eigenvalue weighted by molar-refractivity contribution is 14.1. The molecule has 0 radical (unpaired) electrons. The third kappa shape index (κ3) is 5.38. The number of aromatic nitrogens is 4. The molecule has 0 amide bonds. The molecule has 0 saturated heterocycles. The second-order valence-corrected chi connectivity index (χ2v) is 10.0. The van der Waals surface area contributed by atoms with Crippen molar-refractivity contribution in [1.29, 1.82) is 0 Å². The summed E-state index contributed by atoms with van der Waals surface area (Å²) >= 11 is 2.23. The zero-order valence-electron chi connectivity index (χ0n) is 17.9. The smallest absolute Gasteiger partial charge is 0.226 e. The fraction of sp³-hybridized carbons (Fsp3) is 0.500. The van der Waals surface area contributed by atoms with Crippen LogP contribution in [0.2, 0.25) is 0 Å². The third-order valence-corrected chi connectivity index (χ3v) is 6.23. The fourth-order valence-corrected chi connectivity index (χ4v) is 4.47. The van der Waals surface area contributed by atoms with Crippen LogP contribution in [0.1, 0.15) is 57.6 Å². The van der Waals surface area contributed by atoms with Crippen LogP contribution in [0.15, 0.2) is 24.5 Å². The predicted molar refractivity (Wildman–Crippen MR) is 130 cm³/mol. The lowest BCUT2D eigenvalue weighted by molar-refractivity contribution is 0.0943. The van der Waals surface area contributed by atoms with E-state index in [4.69, 9.17) is 4.98 Å². The van der Waals surface area contributed by atoms with E-state index in [9.17, 15) is 10.2 Å². The number of imidazole rings is 1. The number of hydrogen-bond donors (Lipinski definition) is 4. The molecule has 1 saturated carbocycles. The molecule has 1 fully saturated rings. The molecule has 0 bridgehead atoms. The minimum absolute atomic E-state index is 0.242. The van der Waals surface area contributed by atoms with Crippen molar-refractivity contribution in [3.8, 4) is 5.75 Å². The molecule has 31 heavy (non-hydrogen) atoms. The van der Waals surface area contributed by atoms with Crippen LogP contribution in [-0.4, -0.2) is 41.9 Å². The molecule has 1 aliphatic rings. The minimum atomic E-state index is -0.887. The van der Waals surface area contributed by atoms with Crippen LogP contribution in [-0.2, 0) is 6.54 Å². The van der Waals surface area contributed by atoms with Crippen LogP contribution < -0.4 is 10.6 Å². The van der Waals surface area contributed by atoms with E-state index in [1.165, 1.54) is 19.3 Å². The topological polar surface area (TPSA) is 108 Å². The number of aliphatic hydroxyl groups is 1. The van der Waals surface area contributed by atoms with Gasteiger partial charge in [0, 0.05) is 28.3 Å². The van der Waals surface area contributed by atoms with E-state index in [2.05, 4.69) is 47.8 Å². The van der Waals surface area contributed by atoms with Crippen molar-refractivity contribution >= 4 is 45.5 Å². The van der Waals surface area contributed by atoms with Gasteiger partial charge in [-0.1, -0.05) is 19.3 Å². The van der Waals surface area contributed by atoms with Gasteiger partial charge >= 0.3 is 0 Å². The summed E-state index contributed by atoms with van der Waals surface area (Å²) in [6.45, 7) is 4.22. The van der Waals surface area contributed by atoms with Gasteiger partial charge in [-0.25, -0.2) is 4.98 Å². The summed E-state index contributed by atoms with van der Waals surface area (Å²) in [7, 11) is 0. The van der Waals surface area contributed by atoms with Crippen LogP contribution in [0.25, 0.3) is 11.2 Å². The summed E-state index contributed by atoms with van der Waals surface area (Å²) in [6.07, 6.45) is 7.83. The maximum absolute atomic E-state index is 10.2. The number of phenols is 1. The number of nitrogens with one attached hydrogen (secondary N) is 2. The Balaban J connectivity index is 1.68. The zero-order valence-corrected chi connectivity index (χ0v) is 20.1. The molecule has 0 unspecified atom stereocenters. The number of nitrogens with zero attached hydrogens (tertiary/aromatic N) is 4. The summed E-state index contributed by atoms with van der Waals surface area (Å²) in [6, 6.07) is 5.90. The molecular formula is C22H29IN6O2. The number of phenolic OH excluding ortho intramolecular Hbond substituents is 1. The summed E-state index contributed by atoms with van der Waals surface area (Å²) in [5.74, 6) is 1.30. The van der Waals surface area contributed by atoms with Gasteiger partial charge in [0.15, 0.2) is 17.0 Å². The molecule has 166 valence electrons. The number of anilines is 2. The average Bonchev–Trinajstić information content (AvgIpc) is 3.17. The van der Waals surface area contributed by atoms with Crippen LogP contribution >= 0.6 is 22.6 Å².